The van der Waals surface area contributed by atoms with Gasteiger partial charge in [-0.15, -0.1) is 0 Å². The van der Waals surface area contributed by atoms with Crippen molar-refractivity contribution in [3.05, 3.63) is 12.7 Å². The normalized spacial score (nSPS) is 15.1. The van der Waals surface area contributed by atoms with Crippen LogP contribution in [0.3, 0.4) is 0 Å². The predicted molar refractivity (Wildman–Crippen MR) is 163 cm³/mol. The van der Waals surface area contributed by atoms with E-state index in [1.807, 2.05) is 20.8 Å². The van der Waals surface area contributed by atoms with Crippen molar-refractivity contribution >= 4 is 36.4 Å². The molecule has 0 aliphatic heterocycles. The van der Waals surface area contributed by atoms with Crippen molar-refractivity contribution < 1.29 is 28.4 Å². The van der Waals surface area contributed by atoms with Gasteiger partial charge in [-0.05, 0) is 47.0 Å². The van der Waals surface area contributed by atoms with E-state index in [4.69, 9.17) is 19.9 Å². The minimum Gasteiger partial charge on any atom is -0.464 e. The Morgan fingerprint density at radius 2 is 1.81 bits per heavy atom. The molecule has 0 bridgehead atoms. The van der Waals surface area contributed by atoms with Gasteiger partial charge in [0, 0.05) is 6.04 Å². The topological polar surface area (TPSA) is 173 Å². The predicted octanol–water partition coefficient (Wildman–Crippen LogP) is 4.41. The summed E-state index contributed by atoms with van der Waals surface area (Å²) in [7, 11) is -3.65. The number of nitrogens with two attached hydrogens (primary N) is 1. The summed E-state index contributed by atoms with van der Waals surface area (Å²) in [5.74, 6) is -0.721. The van der Waals surface area contributed by atoms with Gasteiger partial charge in [-0.2, -0.15) is 0 Å². The Morgan fingerprint density at radius 1 is 1.10 bits per heavy atom. The summed E-state index contributed by atoms with van der Waals surface area (Å²) >= 11 is 0. The quantitative estimate of drug-likeness (QED) is 0.116. The van der Waals surface area contributed by atoms with E-state index in [1.54, 1.807) is 38.6 Å². The second kappa shape index (κ2) is 16.3. The molecule has 2 rings (SSSR count). The van der Waals surface area contributed by atoms with E-state index >= 15 is 0 Å². The Bertz CT molecular complexity index is 1200. The molecule has 4 N–H and O–H groups in total. The van der Waals surface area contributed by atoms with Gasteiger partial charge in [0.15, 0.2) is 11.5 Å². The molecule has 0 aliphatic rings. The number of ether oxygens (including phenoxy) is 3. The minimum atomic E-state index is -3.65. The number of fused-ring (bicyclic) bond motifs is 1. The van der Waals surface area contributed by atoms with Crippen molar-refractivity contribution in [1.82, 2.24) is 29.7 Å². The number of nitrogen functional groups attached to an aromatic ring is 1. The van der Waals surface area contributed by atoms with Gasteiger partial charge in [-0.25, -0.2) is 25.1 Å². The van der Waals surface area contributed by atoms with Gasteiger partial charge in [0.1, 0.15) is 23.7 Å². The molecule has 0 saturated heterocycles. The number of hydrogen-bond donors (Lipinski definition) is 3. The van der Waals surface area contributed by atoms with Gasteiger partial charge in [-0.3, -0.25) is 14.2 Å². The van der Waals surface area contributed by atoms with E-state index in [1.165, 1.54) is 6.33 Å². The second-order valence-electron chi connectivity index (χ2n) is 11.8. The number of anilines is 1. The lowest BCUT2D eigenvalue weighted by molar-refractivity contribution is -0.150. The van der Waals surface area contributed by atoms with Crippen molar-refractivity contribution in [2.45, 2.75) is 118 Å². The van der Waals surface area contributed by atoms with Crippen molar-refractivity contribution in [1.29, 1.82) is 0 Å². The Morgan fingerprint density at radius 3 is 2.45 bits per heavy atom. The Labute approximate surface area is 249 Å². The lowest BCUT2D eigenvalue weighted by atomic mass is 10.0. The van der Waals surface area contributed by atoms with Gasteiger partial charge in [-0.1, -0.05) is 40.0 Å². The lowest BCUT2D eigenvalue weighted by Crippen LogP contribution is -2.50. The van der Waals surface area contributed by atoms with E-state index in [9.17, 15) is 14.2 Å². The van der Waals surface area contributed by atoms with E-state index in [0.717, 1.165) is 25.7 Å². The van der Waals surface area contributed by atoms with Crippen LogP contribution in [0.25, 0.3) is 11.2 Å². The van der Waals surface area contributed by atoms with Crippen LogP contribution in [0.5, 0.6) is 0 Å². The lowest BCUT2D eigenvalue weighted by Gasteiger charge is -2.34. The summed E-state index contributed by atoms with van der Waals surface area (Å²) in [5.41, 5.74) is 5.65. The summed E-state index contributed by atoms with van der Waals surface area (Å²) in [6.07, 6.45) is 5.89. The maximum atomic E-state index is 14.5. The van der Waals surface area contributed by atoms with Gasteiger partial charge in [0.2, 0.25) is 7.44 Å². The number of unbranched alkanes of at least 4 members (excludes halogenated alkanes) is 3. The molecule has 0 aliphatic carbocycles. The molecule has 2 heterocycles. The van der Waals surface area contributed by atoms with E-state index in [0.29, 0.717) is 17.7 Å². The standard InChI is InChI=1S/C28H50N7O6P/c1-9-10-11-12-13-39-27(37)28(7,8)34-42(38,33-22(19(2)3)14-23(36)41-20(4)5)18-40-21(6)15-35-17-32-24-25(29)30-16-31-26(24)35/h16-17,19-22H,9-15,18H2,1-8H3,(H2,29,30,31)(H2,33,34,38). The molecule has 0 amide bonds. The van der Waals surface area contributed by atoms with Crippen LogP contribution in [0.2, 0.25) is 0 Å². The number of nitrogens with zero attached hydrogens (tertiary/aromatic N) is 4. The molecule has 0 radical (unpaired) electrons. The van der Waals surface area contributed by atoms with Crippen LogP contribution in [0.4, 0.5) is 5.82 Å². The Kier molecular flexibility index (Phi) is 13.8. The van der Waals surface area contributed by atoms with Crippen LogP contribution in [0, 0.1) is 5.92 Å². The second-order valence-corrected chi connectivity index (χ2v) is 14.0. The number of nitrogens with one attached hydrogen (secondary N) is 2. The van der Waals surface area contributed by atoms with Gasteiger partial charge < -0.3 is 24.5 Å². The van der Waals surface area contributed by atoms with E-state index in [-0.39, 0.29) is 37.2 Å². The number of imidazole rings is 1. The molecular formula is C28H50N7O6P. The first-order valence-electron chi connectivity index (χ1n) is 14.7. The third-order valence-electron chi connectivity index (χ3n) is 6.56. The fraction of sp³-hybridized carbons (Fsp3) is 0.750. The number of rotatable bonds is 19. The molecule has 2 aromatic rings. The Balaban J connectivity index is 2.20. The molecular weight excluding hydrogens is 561 g/mol. The van der Waals surface area contributed by atoms with Gasteiger partial charge in [0.05, 0.1) is 38.1 Å². The molecule has 42 heavy (non-hydrogen) atoms. The van der Waals surface area contributed by atoms with Crippen molar-refractivity contribution in [3.8, 4) is 0 Å². The van der Waals surface area contributed by atoms with Crippen LogP contribution in [-0.4, -0.2) is 68.2 Å². The van der Waals surface area contributed by atoms with E-state index in [2.05, 4.69) is 32.1 Å². The van der Waals surface area contributed by atoms with Crippen molar-refractivity contribution in [2.24, 2.45) is 5.92 Å². The van der Waals surface area contributed by atoms with E-state index < -0.39 is 37.1 Å². The fourth-order valence-electron chi connectivity index (χ4n) is 4.26. The highest BCUT2D eigenvalue weighted by molar-refractivity contribution is 7.59. The molecule has 0 saturated carbocycles. The van der Waals surface area contributed by atoms with Gasteiger partial charge in [0.25, 0.3) is 0 Å². The van der Waals surface area contributed by atoms with Crippen LogP contribution in [0.1, 0.15) is 87.5 Å². The third kappa shape index (κ3) is 11.2. The first kappa shape index (κ1) is 35.6. The van der Waals surface area contributed by atoms with Crippen molar-refractivity contribution in [3.63, 3.8) is 0 Å². The van der Waals surface area contributed by atoms with Gasteiger partial charge >= 0.3 is 11.9 Å². The largest absolute Gasteiger partial charge is 0.464 e. The Hall–Kier alpha value is -2.60. The SMILES string of the molecule is CCCCCCOC(=O)C(C)(C)NP(=O)(COC(C)Cn1cnc2c(N)ncnc21)NC(CC(=O)OC(C)C)C(C)C. The van der Waals surface area contributed by atoms with Crippen LogP contribution >= 0.6 is 7.44 Å². The smallest absolute Gasteiger partial charge is 0.326 e. The molecule has 2 aromatic heterocycles. The van der Waals surface area contributed by atoms with Crippen molar-refractivity contribution in [2.75, 3.05) is 18.7 Å². The fourth-order valence-corrected chi connectivity index (χ4v) is 6.84. The first-order valence-corrected chi connectivity index (χ1v) is 16.6. The highest BCUT2D eigenvalue weighted by atomic mass is 31.2. The summed E-state index contributed by atoms with van der Waals surface area (Å²) in [6.45, 7) is 15.2. The molecule has 14 heteroatoms. The average molecular weight is 612 g/mol. The van der Waals surface area contributed by atoms with Crippen LogP contribution in [-0.2, 0) is 34.9 Å². The first-order chi connectivity index (χ1) is 19.7. The molecule has 3 unspecified atom stereocenters. The maximum Gasteiger partial charge on any atom is 0.326 e. The summed E-state index contributed by atoms with van der Waals surface area (Å²) in [4.78, 5) is 38.0. The summed E-state index contributed by atoms with van der Waals surface area (Å²) in [5, 5.41) is 6.14. The summed E-state index contributed by atoms with van der Waals surface area (Å²) in [6, 6.07) is -0.508. The highest BCUT2D eigenvalue weighted by Crippen LogP contribution is 2.41. The molecule has 3 atom stereocenters. The zero-order valence-electron chi connectivity index (χ0n) is 26.4. The number of aromatic nitrogens is 4. The van der Waals surface area contributed by atoms with Crippen LogP contribution in [0.15, 0.2) is 12.7 Å². The number of carbonyl (C=O) groups excluding carboxylic acids is 2. The molecule has 13 nitrogen and oxygen atoms in total. The number of carbonyl (C=O) groups is 2. The third-order valence-corrected chi connectivity index (χ3v) is 8.74. The highest BCUT2D eigenvalue weighted by Gasteiger charge is 2.39. The van der Waals surface area contributed by atoms with Crippen LogP contribution < -0.4 is 15.9 Å². The minimum absolute atomic E-state index is 0.00151. The average Bonchev–Trinajstić information content (AvgIpc) is 3.30. The maximum absolute atomic E-state index is 14.5. The molecule has 238 valence electrons. The molecule has 0 aromatic carbocycles. The zero-order chi connectivity index (χ0) is 31.5. The molecule has 0 fully saturated rings. The molecule has 0 spiro atoms. The number of hydrogen-bond acceptors (Lipinski definition) is 10. The number of esters is 2. The monoisotopic (exact) mass is 611 g/mol. The summed E-state index contributed by atoms with van der Waals surface area (Å²) < 4.78 is 33.2. The zero-order valence-corrected chi connectivity index (χ0v) is 27.3.